The van der Waals surface area contributed by atoms with Crippen LogP contribution < -0.4 is 5.32 Å². The average molecular weight is 269 g/mol. The molecule has 6 nitrogen and oxygen atoms in total. The number of carboxylic acids is 1. The first-order valence-electron chi connectivity index (χ1n) is 6.26. The lowest BCUT2D eigenvalue weighted by atomic mass is 10.2. The van der Waals surface area contributed by atoms with E-state index >= 15 is 0 Å². The van der Waals surface area contributed by atoms with Crippen LogP contribution in [0.4, 0.5) is 4.39 Å². The van der Waals surface area contributed by atoms with E-state index in [0.717, 1.165) is 25.7 Å². The van der Waals surface area contributed by atoms with Crippen molar-refractivity contribution in [2.75, 3.05) is 6.67 Å². The Hall–Kier alpha value is -1.92. The lowest BCUT2D eigenvalue weighted by Crippen LogP contribution is -2.43. The van der Waals surface area contributed by atoms with Crippen molar-refractivity contribution >= 4 is 11.9 Å². The van der Waals surface area contributed by atoms with E-state index in [9.17, 15) is 14.0 Å². The molecule has 2 rings (SSSR count). The molecule has 1 fully saturated rings. The van der Waals surface area contributed by atoms with Crippen LogP contribution in [-0.2, 0) is 4.79 Å². The van der Waals surface area contributed by atoms with Gasteiger partial charge < -0.3 is 10.4 Å². The molecule has 1 saturated carbocycles. The number of amides is 1. The summed E-state index contributed by atoms with van der Waals surface area (Å²) in [6.07, 6.45) is 5.58. The van der Waals surface area contributed by atoms with Gasteiger partial charge in [-0.05, 0) is 18.9 Å². The fourth-order valence-corrected chi connectivity index (χ4v) is 2.33. The van der Waals surface area contributed by atoms with Crippen LogP contribution in [0, 0.1) is 0 Å². The summed E-state index contributed by atoms with van der Waals surface area (Å²) in [4.78, 5) is 22.7. The molecule has 7 heteroatoms. The Kier molecular flexibility index (Phi) is 4.13. The molecule has 0 spiro atoms. The number of halogens is 1. The van der Waals surface area contributed by atoms with Gasteiger partial charge in [0.2, 0.25) is 0 Å². The molecular weight excluding hydrogens is 253 g/mol. The average Bonchev–Trinajstić information content (AvgIpc) is 3.03. The maximum absolute atomic E-state index is 12.5. The zero-order chi connectivity index (χ0) is 13.8. The van der Waals surface area contributed by atoms with E-state index in [2.05, 4.69) is 10.4 Å². The molecule has 0 aromatic carbocycles. The summed E-state index contributed by atoms with van der Waals surface area (Å²) >= 11 is 0. The second kappa shape index (κ2) is 5.81. The summed E-state index contributed by atoms with van der Waals surface area (Å²) in [6, 6.07) is 0.175. The number of rotatable bonds is 5. The molecule has 2 N–H and O–H groups in total. The first-order valence-corrected chi connectivity index (χ1v) is 6.26. The van der Waals surface area contributed by atoms with Gasteiger partial charge in [-0.3, -0.25) is 9.48 Å². The van der Waals surface area contributed by atoms with Gasteiger partial charge >= 0.3 is 5.97 Å². The number of aromatic nitrogens is 2. The zero-order valence-corrected chi connectivity index (χ0v) is 10.4. The Morgan fingerprint density at radius 2 is 2.21 bits per heavy atom. The third-order valence-electron chi connectivity index (χ3n) is 3.33. The van der Waals surface area contributed by atoms with Crippen LogP contribution in [-0.4, -0.2) is 39.5 Å². The van der Waals surface area contributed by atoms with Crippen LogP contribution >= 0.6 is 0 Å². The summed E-state index contributed by atoms with van der Waals surface area (Å²) in [5, 5.41) is 15.0. The molecule has 0 aliphatic heterocycles. The molecular formula is C12H16FN3O3. The van der Waals surface area contributed by atoms with Crippen molar-refractivity contribution < 1.29 is 19.1 Å². The first kappa shape index (κ1) is 13.5. The summed E-state index contributed by atoms with van der Waals surface area (Å²) in [5.74, 6) is -1.99. The number of carboxylic acid groups (broad SMARTS) is 1. The molecule has 1 unspecified atom stereocenters. The summed E-state index contributed by atoms with van der Waals surface area (Å²) in [7, 11) is 0. The van der Waals surface area contributed by atoms with Gasteiger partial charge in [0.1, 0.15) is 12.4 Å². The van der Waals surface area contributed by atoms with E-state index < -0.39 is 24.6 Å². The minimum atomic E-state index is -1.51. The van der Waals surface area contributed by atoms with Gasteiger partial charge in [0.05, 0.1) is 6.04 Å². The van der Waals surface area contributed by atoms with E-state index in [-0.39, 0.29) is 11.7 Å². The molecule has 0 saturated heterocycles. The van der Waals surface area contributed by atoms with Gasteiger partial charge in [0.15, 0.2) is 6.04 Å². The largest absolute Gasteiger partial charge is 0.480 e. The van der Waals surface area contributed by atoms with E-state index in [1.807, 2.05) is 0 Å². The van der Waals surface area contributed by atoms with E-state index in [1.165, 1.54) is 12.3 Å². The highest BCUT2D eigenvalue weighted by atomic mass is 19.1. The van der Waals surface area contributed by atoms with Crippen molar-refractivity contribution in [3.63, 3.8) is 0 Å². The number of nitrogens with zero attached hydrogens (tertiary/aromatic N) is 2. The third kappa shape index (κ3) is 2.91. The van der Waals surface area contributed by atoms with Crippen molar-refractivity contribution in [1.82, 2.24) is 15.1 Å². The monoisotopic (exact) mass is 269 g/mol. The molecule has 104 valence electrons. The Balaban J connectivity index is 2.11. The summed E-state index contributed by atoms with van der Waals surface area (Å²) in [6.45, 7) is -1.14. The Morgan fingerprint density at radius 1 is 1.53 bits per heavy atom. The SMILES string of the molecule is O=C(NC(CF)C(=O)O)c1ccnn1C1CCCC1. The van der Waals surface area contributed by atoms with Crippen molar-refractivity contribution in [3.05, 3.63) is 18.0 Å². The first-order chi connectivity index (χ1) is 9.13. The fourth-order valence-electron chi connectivity index (χ4n) is 2.33. The smallest absolute Gasteiger partial charge is 0.328 e. The summed E-state index contributed by atoms with van der Waals surface area (Å²) < 4.78 is 14.1. The van der Waals surface area contributed by atoms with Crippen molar-refractivity contribution in [2.45, 2.75) is 37.8 Å². The van der Waals surface area contributed by atoms with Crippen molar-refractivity contribution in [3.8, 4) is 0 Å². The van der Waals surface area contributed by atoms with E-state index in [1.54, 1.807) is 4.68 Å². The maximum atomic E-state index is 12.5. The van der Waals surface area contributed by atoms with Crippen molar-refractivity contribution in [1.29, 1.82) is 0 Å². The number of carbonyl (C=O) groups excluding carboxylic acids is 1. The van der Waals surface area contributed by atoms with Crippen LogP contribution in [0.25, 0.3) is 0 Å². The fraction of sp³-hybridized carbons (Fsp3) is 0.583. The normalized spacial score (nSPS) is 17.3. The predicted molar refractivity (Wildman–Crippen MR) is 64.6 cm³/mol. The van der Waals surface area contributed by atoms with Crippen LogP contribution in [0.1, 0.15) is 42.2 Å². The minimum absolute atomic E-state index is 0.171. The van der Waals surface area contributed by atoms with Crippen LogP contribution in [0.2, 0.25) is 0 Å². The number of hydrogen-bond donors (Lipinski definition) is 2. The van der Waals surface area contributed by atoms with E-state index in [4.69, 9.17) is 5.11 Å². The molecule has 0 bridgehead atoms. The molecule has 1 atom stereocenters. The van der Waals surface area contributed by atoms with Gasteiger partial charge in [-0.25, -0.2) is 9.18 Å². The van der Waals surface area contributed by atoms with E-state index in [0.29, 0.717) is 0 Å². The Morgan fingerprint density at radius 3 is 2.79 bits per heavy atom. The molecule has 19 heavy (non-hydrogen) atoms. The topological polar surface area (TPSA) is 84.2 Å². The maximum Gasteiger partial charge on any atom is 0.328 e. The highest BCUT2D eigenvalue weighted by molar-refractivity contribution is 5.95. The second-order valence-corrected chi connectivity index (χ2v) is 4.62. The standard InChI is InChI=1S/C12H16FN3O3/c13-7-9(12(18)19)15-11(17)10-5-6-14-16(10)8-3-1-2-4-8/h5-6,8-9H,1-4,7H2,(H,15,17)(H,18,19). The number of nitrogens with one attached hydrogen (secondary N) is 1. The molecule has 0 radical (unpaired) electrons. The van der Waals surface area contributed by atoms with Gasteiger partial charge in [-0.15, -0.1) is 0 Å². The van der Waals surface area contributed by atoms with Gasteiger partial charge in [0.25, 0.3) is 5.91 Å². The van der Waals surface area contributed by atoms with Crippen molar-refractivity contribution in [2.24, 2.45) is 0 Å². The molecule has 1 aromatic heterocycles. The van der Waals surface area contributed by atoms with Gasteiger partial charge in [-0.2, -0.15) is 5.10 Å². The van der Waals surface area contributed by atoms with Gasteiger partial charge in [-0.1, -0.05) is 12.8 Å². The Labute approximate surface area is 109 Å². The number of alkyl halides is 1. The van der Waals surface area contributed by atoms with Gasteiger partial charge in [0, 0.05) is 6.20 Å². The molecule has 1 aliphatic rings. The molecule has 1 amide bonds. The number of aliphatic carboxylic acids is 1. The highest BCUT2D eigenvalue weighted by Gasteiger charge is 2.25. The predicted octanol–water partition coefficient (Wildman–Crippen LogP) is 1.15. The lowest BCUT2D eigenvalue weighted by Gasteiger charge is -2.15. The molecule has 1 heterocycles. The Bertz CT molecular complexity index is 469. The number of carbonyl (C=O) groups is 2. The van der Waals surface area contributed by atoms with Crippen LogP contribution in [0.3, 0.4) is 0 Å². The van der Waals surface area contributed by atoms with Crippen LogP contribution in [0.5, 0.6) is 0 Å². The molecule has 1 aliphatic carbocycles. The summed E-state index contributed by atoms with van der Waals surface area (Å²) in [5.41, 5.74) is 0.284. The third-order valence-corrected chi connectivity index (χ3v) is 3.33. The quantitative estimate of drug-likeness (QED) is 0.839. The second-order valence-electron chi connectivity index (χ2n) is 4.62. The zero-order valence-electron chi connectivity index (χ0n) is 10.4. The number of hydrogen-bond acceptors (Lipinski definition) is 3. The lowest BCUT2D eigenvalue weighted by molar-refractivity contribution is -0.139. The highest BCUT2D eigenvalue weighted by Crippen LogP contribution is 2.29. The molecule has 1 aromatic rings. The van der Waals surface area contributed by atoms with Crippen LogP contribution in [0.15, 0.2) is 12.3 Å². The minimum Gasteiger partial charge on any atom is -0.480 e.